The normalized spacial score (nSPS) is 19.6. The standard InChI is InChI=1S/C25H21F5N2O4S.C19H17BrF3NO3S.C12H16F2N2O3/c26-18-3-5-21(6-4-18)37(34,35)32-14-20(28)12-22(32)23(33)7-1-15-9-17(11-19(27)10-15)16-2-8-24(31-13-16)36-25(29)30;20-13-7-12(8-15(22)9-13)1-6-19(25)18-10-16(23)11-24(18)28(26,27)17-4-2-14(21)3-5-17;1-11(2)12(3,4)19-16(18-11)8-5-6-9(15-7-8)17-10(13)14/h2-6,8-11,13,20,22,25H,1,7,12,14H2;2-5,7-9,16,18H,1,6,10-11H2;5-7,10H,1-4H3/t20-,22+;16-,18+;/m11./s1. The van der Waals surface area contributed by atoms with Crippen molar-refractivity contribution in [3.05, 3.63) is 160 Å². The maximum Gasteiger partial charge on any atom is 0.388 e. The van der Waals surface area contributed by atoms with Crippen molar-refractivity contribution in [2.75, 3.05) is 18.3 Å². The zero-order chi connectivity index (χ0) is 61.5. The van der Waals surface area contributed by atoms with E-state index in [2.05, 4.69) is 35.4 Å². The summed E-state index contributed by atoms with van der Waals surface area (Å²) in [6, 6.07) is 19.5. The van der Waals surface area contributed by atoms with Crippen molar-refractivity contribution < 1.29 is 89.5 Å². The fourth-order valence-electron chi connectivity index (χ4n) is 8.81. The van der Waals surface area contributed by atoms with Crippen LogP contribution in [0.1, 0.15) is 64.5 Å². The molecule has 3 saturated heterocycles. The van der Waals surface area contributed by atoms with Gasteiger partial charge in [-0.15, -0.1) is 5.23 Å². The Balaban J connectivity index is 0.000000191. The first-order valence-corrected chi connectivity index (χ1v) is 29.2. The van der Waals surface area contributed by atoms with E-state index in [9.17, 15) is 70.3 Å². The van der Waals surface area contributed by atoms with Gasteiger partial charge in [0.25, 0.3) is 0 Å². The fourth-order valence-corrected chi connectivity index (χ4v) is 12.6. The molecule has 0 amide bonds. The van der Waals surface area contributed by atoms with E-state index in [-0.39, 0.29) is 60.1 Å². The molecule has 0 bridgehead atoms. The summed E-state index contributed by atoms with van der Waals surface area (Å²) in [7, 11) is -8.39. The van der Waals surface area contributed by atoms with Gasteiger partial charge in [-0.1, -0.05) is 22.0 Å². The molecule has 84 heavy (non-hydrogen) atoms. The number of Topliss-reactive ketones (excluding diaryl/α,β-unsaturated/α-hetero) is 2. The molecule has 9 rings (SSSR count). The Hall–Kier alpha value is -6.56. The highest BCUT2D eigenvalue weighted by Crippen LogP contribution is 2.40. The van der Waals surface area contributed by atoms with Crippen LogP contribution in [0.15, 0.2) is 136 Å². The van der Waals surface area contributed by atoms with Crippen molar-refractivity contribution in [1.82, 2.24) is 18.6 Å². The molecular formula is C56H54BrF10N5O10S2. The largest absolute Gasteiger partial charge is 0.417 e. The number of carbonyl (C=O) groups excluding carboxylic acids is 2. The Morgan fingerprint density at radius 3 is 1.42 bits per heavy atom. The maximum absolute atomic E-state index is 14.3. The first kappa shape index (κ1) is 65.0. The predicted octanol–water partition coefficient (Wildman–Crippen LogP) is 11.9. The highest BCUT2D eigenvalue weighted by Gasteiger charge is 2.50. The second-order valence-electron chi connectivity index (χ2n) is 20.3. The molecule has 5 heterocycles. The van der Waals surface area contributed by atoms with Crippen molar-refractivity contribution in [3.8, 4) is 22.9 Å². The summed E-state index contributed by atoms with van der Waals surface area (Å²) in [4.78, 5) is 44.0. The zero-order valence-corrected chi connectivity index (χ0v) is 48.2. The quantitative estimate of drug-likeness (QED) is 0.0744. The average molecular weight is 1290 g/mol. The number of nitrogens with zero attached hydrogens (tertiary/aromatic N) is 5. The van der Waals surface area contributed by atoms with Gasteiger partial charge in [-0.2, -0.15) is 26.2 Å². The van der Waals surface area contributed by atoms with Crippen molar-refractivity contribution in [3.63, 3.8) is 0 Å². The number of halogens is 11. The Bertz CT molecular complexity index is 3450. The second kappa shape index (κ2) is 27.2. The fraction of sp³-hybridized carbons (Fsp3) is 0.357. The van der Waals surface area contributed by atoms with E-state index < -0.39 is 117 Å². The van der Waals surface area contributed by atoms with Crippen molar-refractivity contribution >= 4 is 53.2 Å². The summed E-state index contributed by atoms with van der Waals surface area (Å²) >= 11 is 3.17. The van der Waals surface area contributed by atoms with Crippen LogP contribution in [-0.2, 0) is 52.2 Å². The Kier molecular flexibility index (Phi) is 21.1. The smallest absolute Gasteiger partial charge is 0.388 e. The topological polar surface area (TPSA) is 175 Å². The van der Waals surface area contributed by atoms with Gasteiger partial charge in [0.05, 0.1) is 28.1 Å². The van der Waals surface area contributed by atoms with Gasteiger partial charge in [0.2, 0.25) is 31.8 Å². The van der Waals surface area contributed by atoms with Crippen molar-refractivity contribution in [1.29, 1.82) is 0 Å². The van der Waals surface area contributed by atoms with Crippen LogP contribution in [0.5, 0.6) is 11.8 Å². The van der Waals surface area contributed by atoms with E-state index in [0.29, 0.717) is 32.4 Å². The van der Waals surface area contributed by atoms with Gasteiger partial charge in [-0.25, -0.2) is 62.8 Å². The van der Waals surface area contributed by atoms with Gasteiger partial charge in [-0.3, -0.25) is 9.59 Å². The molecule has 0 radical (unpaired) electrons. The molecule has 0 N–H and O–H groups in total. The molecule has 0 unspecified atom stereocenters. The Labute approximate surface area is 485 Å². The van der Waals surface area contributed by atoms with E-state index in [0.717, 1.165) is 57.1 Å². The van der Waals surface area contributed by atoms with E-state index >= 15 is 0 Å². The minimum Gasteiger partial charge on any atom is -0.417 e. The van der Waals surface area contributed by atoms with Gasteiger partial charge < -0.3 is 9.47 Å². The number of carbonyl (C=O) groups is 2. The number of aromatic nitrogens is 2. The SMILES string of the molecule is CC1(C)ON(c2ccc(OC(F)F)nc2)OC1(C)C.O=C(CCc1cc(F)cc(-c2ccc(OC(F)F)nc2)c1)[C@@H]1C[C@@H](F)CN1S(=O)(=O)c1ccc(F)cc1.O=C(CCc1cc(F)cc(Br)c1)[C@@H]1C[C@@H](F)CN1S(=O)(=O)c1ccc(F)cc1. The molecule has 3 aliphatic rings. The number of pyridine rings is 2. The van der Waals surface area contributed by atoms with Crippen molar-refractivity contribution in [2.45, 2.75) is 125 Å². The first-order chi connectivity index (χ1) is 39.4. The molecule has 2 aromatic heterocycles. The Morgan fingerprint density at radius 1 is 0.583 bits per heavy atom. The summed E-state index contributed by atoms with van der Waals surface area (Å²) in [5, 5.41) is 1.24. The number of sulfonamides is 2. The molecular weight excluding hydrogens is 1240 g/mol. The van der Waals surface area contributed by atoms with Crippen LogP contribution >= 0.6 is 15.9 Å². The van der Waals surface area contributed by atoms with Gasteiger partial charge in [-0.05, 0) is 148 Å². The summed E-state index contributed by atoms with van der Waals surface area (Å²) < 4.78 is 193. The summed E-state index contributed by atoms with van der Waals surface area (Å²) in [6.07, 6.45) is -0.971. The molecule has 4 atom stereocenters. The van der Waals surface area contributed by atoms with Crippen LogP contribution < -0.4 is 14.7 Å². The number of alkyl halides is 6. The Morgan fingerprint density at radius 2 is 1.01 bits per heavy atom. The molecule has 3 aliphatic heterocycles. The molecule has 15 nitrogen and oxygen atoms in total. The number of hydrogen-bond donors (Lipinski definition) is 0. The van der Waals surface area contributed by atoms with Gasteiger partial charge in [0.1, 0.15) is 52.5 Å². The van der Waals surface area contributed by atoms with Gasteiger partial charge >= 0.3 is 13.2 Å². The van der Waals surface area contributed by atoms with Crippen LogP contribution in [0.25, 0.3) is 11.1 Å². The minimum atomic E-state index is -4.24. The van der Waals surface area contributed by atoms with E-state index in [1.54, 1.807) is 12.1 Å². The predicted molar refractivity (Wildman–Crippen MR) is 288 cm³/mol. The van der Waals surface area contributed by atoms with E-state index in [1.165, 1.54) is 66.2 Å². The summed E-state index contributed by atoms with van der Waals surface area (Å²) in [5.74, 6) is -3.74. The molecule has 6 aromatic rings. The maximum atomic E-state index is 14.3. The van der Waals surface area contributed by atoms with Crippen LogP contribution in [-0.4, -0.2) is 109 Å². The number of ether oxygens (including phenoxy) is 2. The molecule has 28 heteroatoms. The molecule has 0 aliphatic carbocycles. The third-order valence-electron chi connectivity index (χ3n) is 13.7. The lowest BCUT2D eigenvalue weighted by Gasteiger charge is -2.26. The molecule has 4 aromatic carbocycles. The van der Waals surface area contributed by atoms with Gasteiger partial charge in [0.15, 0.2) is 11.6 Å². The number of benzene rings is 4. The number of ketones is 2. The average Bonchev–Trinajstić information content (AvgIpc) is 2.65. The monoisotopic (exact) mass is 1290 g/mol. The summed E-state index contributed by atoms with van der Waals surface area (Å²) in [5.41, 5.74) is 1.24. The second-order valence-corrected chi connectivity index (χ2v) is 25.0. The van der Waals surface area contributed by atoms with Crippen LogP contribution in [0.4, 0.5) is 49.6 Å². The lowest BCUT2D eigenvalue weighted by molar-refractivity contribution is -0.122. The van der Waals surface area contributed by atoms with E-state index in [1.807, 2.05) is 27.7 Å². The number of aryl methyl sites for hydroxylation is 2. The minimum absolute atomic E-state index is 0.0431. The number of hydrogen-bond acceptors (Lipinski definition) is 13. The third kappa shape index (κ3) is 16.7. The lowest BCUT2D eigenvalue weighted by atomic mass is 9.90. The van der Waals surface area contributed by atoms with Crippen LogP contribution in [0.2, 0.25) is 0 Å². The summed E-state index contributed by atoms with van der Waals surface area (Å²) in [6.45, 7) is 0.730. The number of rotatable bonds is 18. The highest BCUT2D eigenvalue weighted by molar-refractivity contribution is 9.10. The highest BCUT2D eigenvalue weighted by atomic mass is 79.9. The van der Waals surface area contributed by atoms with E-state index in [4.69, 9.17) is 9.68 Å². The van der Waals surface area contributed by atoms with Gasteiger partial charge in [0, 0.05) is 67.1 Å². The molecule has 0 saturated carbocycles. The molecule has 3 fully saturated rings. The molecule has 0 spiro atoms. The van der Waals surface area contributed by atoms with Crippen LogP contribution in [0, 0.1) is 23.3 Å². The third-order valence-corrected chi connectivity index (χ3v) is 17.9. The number of anilines is 1. The van der Waals surface area contributed by atoms with Crippen molar-refractivity contribution in [2.24, 2.45) is 0 Å². The zero-order valence-electron chi connectivity index (χ0n) is 45.0. The first-order valence-electron chi connectivity index (χ1n) is 25.5. The molecule has 452 valence electrons. The lowest BCUT2D eigenvalue weighted by Crippen LogP contribution is -2.41. The van der Waals surface area contributed by atoms with Crippen LogP contribution in [0.3, 0.4) is 0 Å².